The molecular formula is C13H15BrCl2N4. The first-order valence-electron chi connectivity index (χ1n) is 6.09. The minimum atomic E-state index is -0.336. The van der Waals surface area contributed by atoms with E-state index in [0.29, 0.717) is 10.0 Å². The second kappa shape index (κ2) is 6.45. The lowest BCUT2D eigenvalue weighted by atomic mass is 10.0. The van der Waals surface area contributed by atoms with Gasteiger partial charge in [-0.2, -0.15) is 5.10 Å². The molecule has 20 heavy (non-hydrogen) atoms. The summed E-state index contributed by atoms with van der Waals surface area (Å²) in [6.45, 7) is 4.06. The minimum absolute atomic E-state index is 0.166. The molecule has 1 aromatic heterocycles. The third kappa shape index (κ3) is 3.02. The van der Waals surface area contributed by atoms with Gasteiger partial charge in [-0.15, -0.1) is 0 Å². The van der Waals surface area contributed by atoms with E-state index in [4.69, 9.17) is 29.0 Å². The number of nitrogens with two attached hydrogens (primary N) is 1. The first kappa shape index (κ1) is 15.8. The van der Waals surface area contributed by atoms with Crippen molar-refractivity contribution in [1.82, 2.24) is 15.2 Å². The van der Waals surface area contributed by atoms with Crippen LogP contribution in [-0.4, -0.2) is 9.78 Å². The summed E-state index contributed by atoms with van der Waals surface area (Å²) in [5, 5.41) is 5.46. The van der Waals surface area contributed by atoms with E-state index >= 15 is 0 Å². The summed E-state index contributed by atoms with van der Waals surface area (Å²) in [7, 11) is 0. The minimum Gasteiger partial charge on any atom is -0.271 e. The Labute approximate surface area is 136 Å². The Kier molecular flexibility index (Phi) is 5.09. The van der Waals surface area contributed by atoms with Crippen molar-refractivity contribution in [2.24, 2.45) is 5.84 Å². The number of hydrogen-bond acceptors (Lipinski definition) is 3. The Bertz CT molecular complexity index is 612. The topological polar surface area (TPSA) is 55.9 Å². The molecule has 7 heteroatoms. The quantitative estimate of drug-likeness (QED) is 0.623. The molecule has 1 aromatic carbocycles. The average molecular weight is 378 g/mol. The van der Waals surface area contributed by atoms with Gasteiger partial charge in [0.05, 0.1) is 23.0 Å². The average Bonchev–Trinajstić information content (AvgIpc) is 2.77. The lowest BCUT2D eigenvalue weighted by Crippen LogP contribution is -2.31. The van der Waals surface area contributed by atoms with Crippen LogP contribution in [0.3, 0.4) is 0 Å². The van der Waals surface area contributed by atoms with Gasteiger partial charge in [-0.05, 0) is 37.6 Å². The Hall–Kier alpha value is -0.590. The highest BCUT2D eigenvalue weighted by atomic mass is 79.9. The summed E-state index contributed by atoms with van der Waals surface area (Å²) in [5.41, 5.74) is 4.41. The van der Waals surface area contributed by atoms with E-state index in [9.17, 15) is 0 Å². The van der Waals surface area contributed by atoms with Crippen molar-refractivity contribution in [3.63, 3.8) is 0 Å². The fraction of sp³-hybridized carbons (Fsp3) is 0.308. The van der Waals surface area contributed by atoms with E-state index in [0.717, 1.165) is 15.7 Å². The second-order valence-corrected chi connectivity index (χ2v) is 6.41. The number of benzene rings is 1. The molecule has 0 aliphatic heterocycles. The van der Waals surface area contributed by atoms with Crippen molar-refractivity contribution >= 4 is 39.1 Å². The molecule has 0 radical (unpaired) electrons. The van der Waals surface area contributed by atoms with Crippen LogP contribution >= 0.6 is 39.1 Å². The van der Waals surface area contributed by atoms with Gasteiger partial charge in [0.2, 0.25) is 0 Å². The molecule has 3 N–H and O–H groups in total. The molecule has 1 heterocycles. The zero-order chi connectivity index (χ0) is 14.9. The number of halogens is 3. The number of rotatable bonds is 4. The van der Waals surface area contributed by atoms with E-state index in [-0.39, 0.29) is 12.1 Å². The van der Waals surface area contributed by atoms with Crippen LogP contribution in [0.5, 0.6) is 0 Å². The molecule has 0 amide bonds. The molecule has 4 nitrogen and oxygen atoms in total. The van der Waals surface area contributed by atoms with Crippen LogP contribution in [0.15, 0.2) is 28.9 Å². The SMILES string of the molecule is CC(C)n1ncc(Cl)c1C(NN)c1cc(Br)ccc1Cl. The van der Waals surface area contributed by atoms with Crippen LogP contribution in [-0.2, 0) is 0 Å². The van der Waals surface area contributed by atoms with Gasteiger partial charge in [-0.1, -0.05) is 39.1 Å². The van der Waals surface area contributed by atoms with E-state index < -0.39 is 0 Å². The maximum Gasteiger partial charge on any atom is 0.0908 e. The van der Waals surface area contributed by atoms with Crippen molar-refractivity contribution in [1.29, 1.82) is 0 Å². The molecule has 2 rings (SSSR count). The van der Waals surface area contributed by atoms with Crippen LogP contribution in [0.25, 0.3) is 0 Å². The van der Waals surface area contributed by atoms with Crippen LogP contribution in [0, 0.1) is 0 Å². The largest absolute Gasteiger partial charge is 0.271 e. The number of hydrogen-bond donors (Lipinski definition) is 2. The van der Waals surface area contributed by atoms with E-state index in [2.05, 4.69) is 26.5 Å². The van der Waals surface area contributed by atoms with Crippen molar-refractivity contribution in [3.05, 3.63) is 50.2 Å². The first-order valence-corrected chi connectivity index (χ1v) is 7.64. The van der Waals surface area contributed by atoms with Crippen molar-refractivity contribution in [3.8, 4) is 0 Å². The predicted octanol–water partition coefficient (Wildman–Crippen LogP) is 4.09. The zero-order valence-corrected chi connectivity index (χ0v) is 14.2. The molecular weight excluding hydrogens is 363 g/mol. The Morgan fingerprint density at radius 2 is 2.00 bits per heavy atom. The molecule has 2 aromatic rings. The summed E-state index contributed by atoms with van der Waals surface area (Å²) < 4.78 is 2.76. The summed E-state index contributed by atoms with van der Waals surface area (Å²) >= 11 is 16.0. The highest BCUT2D eigenvalue weighted by Crippen LogP contribution is 2.34. The lowest BCUT2D eigenvalue weighted by Gasteiger charge is -2.21. The van der Waals surface area contributed by atoms with Gasteiger partial charge in [-0.25, -0.2) is 5.43 Å². The molecule has 0 fully saturated rings. The van der Waals surface area contributed by atoms with Crippen LogP contribution in [0.1, 0.15) is 37.2 Å². The molecule has 108 valence electrons. The maximum absolute atomic E-state index is 6.28. The fourth-order valence-electron chi connectivity index (χ4n) is 2.08. The smallest absolute Gasteiger partial charge is 0.0908 e. The lowest BCUT2D eigenvalue weighted by molar-refractivity contribution is 0.476. The van der Waals surface area contributed by atoms with E-state index in [1.165, 1.54) is 0 Å². The molecule has 0 spiro atoms. The number of nitrogens with zero attached hydrogens (tertiary/aromatic N) is 2. The molecule has 0 bridgehead atoms. The standard InChI is InChI=1S/C13H15BrCl2N4/c1-7(2)20-13(11(16)6-18-20)12(19-17)9-5-8(14)3-4-10(9)15/h3-7,12,19H,17H2,1-2H3. The number of nitrogens with one attached hydrogen (secondary N) is 1. The summed E-state index contributed by atoms with van der Waals surface area (Å²) in [6.07, 6.45) is 1.62. The summed E-state index contributed by atoms with van der Waals surface area (Å²) in [5.74, 6) is 5.73. The van der Waals surface area contributed by atoms with Gasteiger partial charge in [0, 0.05) is 15.5 Å². The highest BCUT2D eigenvalue weighted by Gasteiger charge is 2.24. The Morgan fingerprint density at radius 3 is 2.60 bits per heavy atom. The third-order valence-corrected chi connectivity index (χ3v) is 4.11. The van der Waals surface area contributed by atoms with E-state index in [1.807, 2.05) is 36.7 Å². The Balaban J connectivity index is 2.58. The van der Waals surface area contributed by atoms with Crippen molar-refractivity contribution in [2.45, 2.75) is 25.9 Å². The van der Waals surface area contributed by atoms with Crippen LogP contribution < -0.4 is 11.3 Å². The van der Waals surface area contributed by atoms with Gasteiger partial charge in [0.1, 0.15) is 0 Å². The number of aromatic nitrogens is 2. The van der Waals surface area contributed by atoms with Crippen molar-refractivity contribution < 1.29 is 0 Å². The molecule has 0 saturated carbocycles. The predicted molar refractivity (Wildman–Crippen MR) is 85.9 cm³/mol. The molecule has 0 aliphatic rings. The van der Waals surface area contributed by atoms with E-state index in [1.54, 1.807) is 6.20 Å². The maximum atomic E-state index is 6.28. The normalized spacial score (nSPS) is 12.9. The monoisotopic (exact) mass is 376 g/mol. The van der Waals surface area contributed by atoms with Gasteiger partial charge >= 0.3 is 0 Å². The molecule has 1 unspecified atom stereocenters. The second-order valence-electron chi connectivity index (χ2n) is 4.68. The van der Waals surface area contributed by atoms with Crippen LogP contribution in [0.2, 0.25) is 10.0 Å². The van der Waals surface area contributed by atoms with Crippen molar-refractivity contribution in [2.75, 3.05) is 0 Å². The summed E-state index contributed by atoms with van der Waals surface area (Å²) in [6, 6.07) is 5.44. The molecule has 0 aliphatic carbocycles. The summed E-state index contributed by atoms with van der Waals surface area (Å²) in [4.78, 5) is 0. The number of hydrazine groups is 1. The van der Waals surface area contributed by atoms with Gasteiger partial charge in [0.15, 0.2) is 0 Å². The van der Waals surface area contributed by atoms with Gasteiger partial charge < -0.3 is 0 Å². The first-order chi connectivity index (χ1) is 9.45. The van der Waals surface area contributed by atoms with Crippen LogP contribution in [0.4, 0.5) is 0 Å². The zero-order valence-electron chi connectivity index (χ0n) is 11.1. The van der Waals surface area contributed by atoms with Gasteiger partial charge in [-0.3, -0.25) is 10.5 Å². The van der Waals surface area contributed by atoms with Gasteiger partial charge in [0.25, 0.3) is 0 Å². The molecule has 0 saturated heterocycles. The third-order valence-electron chi connectivity index (χ3n) is 2.99. The molecule has 1 atom stereocenters. The fourth-order valence-corrected chi connectivity index (χ4v) is 2.93. The Morgan fingerprint density at radius 1 is 1.30 bits per heavy atom. The highest BCUT2D eigenvalue weighted by molar-refractivity contribution is 9.10.